The van der Waals surface area contributed by atoms with Crippen molar-refractivity contribution in [2.45, 2.75) is 44.2 Å². The summed E-state index contributed by atoms with van der Waals surface area (Å²) in [6.07, 6.45) is 1.01. The topological polar surface area (TPSA) is 46.6 Å². The highest BCUT2D eigenvalue weighted by atomic mass is 35.5. The van der Waals surface area contributed by atoms with E-state index in [2.05, 4.69) is 6.92 Å². The molecule has 3 atom stereocenters. The summed E-state index contributed by atoms with van der Waals surface area (Å²) in [5.41, 5.74) is 2.70. The van der Waals surface area contributed by atoms with Crippen LogP contribution >= 0.6 is 23.2 Å². The van der Waals surface area contributed by atoms with Crippen molar-refractivity contribution >= 4 is 39.9 Å². The molecule has 3 rings (SSSR count). The summed E-state index contributed by atoms with van der Waals surface area (Å²) >= 11 is 12.5. The lowest BCUT2D eigenvalue weighted by Crippen LogP contribution is -2.29. The second-order valence-electron chi connectivity index (χ2n) is 7.80. The first kappa shape index (κ1) is 23.3. The van der Waals surface area contributed by atoms with Crippen LogP contribution in [0.25, 0.3) is 0 Å². The van der Waals surface area contributed by atoms with Crippen molar-refractivity contribution in [3.05, 3.63) is 63.1 Å². The molecule has 30 heavy (non-hydrogen) atoms. The van der Waals surface area contributed by atoms with E-state index >= 15 is 0 Å². The number of halogens is 2. The highest BCUT2D eigenvalue weighted by Gasteiger charge is 2.33. The van der Waals surface area contributed by atoms with Gasteiger partial charge in [-0.2, -0.15) is 0 Å². The van der Waals surface area contributed by atoms with Crippen LogP contribution in [0.5, 0.6) is 0 Å². The second kappa shape index (κ2) is 10.3. The Morgan fingerprint density at radius 3 is 2.57 bits per heavy atom. The quantitative estimate of drug-likeness (QED) is 0.520. The van der Waals surface area contributed by atoms with Gasteiger partial charge in [-0.1, -0.05) is 48.3 Å². The third kappa shape index (κ3) is 5.08. The third-order valence-electron chi connectivity index (χ3n) is 5.62. The summed E-state index contributed by atoms with van der Waals surface area (Å²) in [6, 6.07) is 11.0. The summed E-state index contributed by atoms with van der Waals surface area (Å²) in [5, 5.41) is 0.985. The number of carbonyl (C=O) groups is 1. The Balaban J connectivity index is 1.77. The van der Waals surface area contributed by atoms with Crippen LogP contribution in [0.2, 0.25) is 10.0 Å². The minimum Gasteiger partial charge on any atom is -0.385 e. The van der Waals surface area contributed by atoms with E-state index in [1.807, 2.05) is 30.0 Å². The van der Waals surface area contributed by atoms with Crippen molar-refractivity contribution in [2.75, 3.05) is 19.5 Å². The minimum atomic E-state index is -1.12. The van der Waals surface area contributed by atoms with Gasteiger partial charge in [0.15, 0.2) is 0 Å². The van der Waals surface area contributed by atoms with Gasteiger partial charge in [-0.15, -0.1) is 0 Å². The molecule has 1 aliphatic heterocycles. The lowest BCUT2D eigenvalue weighted by atomic mass is 10.1. The molecule has 1 amide bonds. The summed E-state index contributed by atoms with van der Waals surface area (Å²) in [6.45, 7) is 5.21. The standard InChI is InChI=1S/C23H27Cl2NO3S/c1-15(10-11-29-3)14-30(28)22-9-4-6-17-16(2)26(13-19(17)22)23(27)12-18-20(24)7-5-8-21(18)25/h4-9,15-16H,10-14H2,1-3H3. The molecule has 162 valence electrons. The van der Waals surface area contributed by atoms with E-state index in [4.69, 9.17) is 27.9 Å². The maximum absolute atomic E-state index is 13.1. The first-order chi connectivity index (χ1) is 14.3. The van der Waals surface area contributed by atoms with Crippen LogP contribution in [0.1, 0.15) is 43.0 Å². The van der Waals surface area contributed by atoms with Crippen LogP contribution in [-0.2, 0) is 33.3 Å². The normalized spacial score (nSPS) is 17.6. The highest BCUT2D eigenvalue weighted by molar-refractivity contribution is 7.85. The molecule has 7 heteroatoms. The second-order valence-corrected chi connectivity index (χ2v) is 10.1. The SMILES string of the molecule is COCCC(C)CS(=O)c1cccc2c1CN(C(=O)Cc1c(Cl)cccc1Cl)C2C. The fraction of sp³-hybridized carbons (Fsp3) is 0.435. The maximum Gasteiger partial charge on any atom is 0.227 e. The predicted octanol–water partition coefficient (Wildman–Crippen LogP) is 5.42. The number of rotatable bonds is 8. The lowest BCUT2D eigenvalue weighted by molar-refractivity contribution is -0.132. The van der Waals surface area contributed by atoms with E-state index in [0.717, 1.165) is 22.4 Å². The van der Waals surface area contributed by atoms with Crippen molar-refractivity contribution in [3.8, 4) is 0 Å². The molecule has 0 N–H and O–H groups in total. The van der Waals surface area contributed by atoms with Crippen LogP contribution < -0.4 is 0 Å². The molecule has 2 aromatic rings. The van der Waals surface area contributed by atoms with Gasteiger partial charge in [0.25, 0.3) is 0 Å². The number of hydrogen-bond acceptors (Lipinski definition) is 3. The molecule has 3 unspecified atom stereocenters. The van der Waals surface area contributed by atoms with Crippen LogP contribution in [-0.4, -0.2) is 34.5 Å². The average molecular weight is 468 g/mol. The van der Waals surface area contributed by atoms with Gasteiger partial charge < -0.3 is 9.64 Å². The van der Waals surface area contributed by atoms with Crippen LogP contribution in [0.3, 0.4) is 0 Å². The van der Waals surface area contributed by atoms with E-state index < -0.39 is 10.8 Å². The number of hydrogen-bond donors (Lipinski definition) is 0. The summed E-state index contributed by atoms with van der Waals surface area (Å²) in [7, 11) is 0.554. The molecule has 0 aromatic heterocycles. The molecule has 0 spiro atoms. The van der Waals surface area contributed by atoms with Gasteiger partial charge in [0.2, 0.25) is 5.91 Å². The van der Waals surface area contributed by atoms with Gasteiger partial charge >= 0.3 is 0 Å². The van der Waals surface area contributed by atoms with E-state index in [9.17, 15) is 9.00 Å². The Morgan fingerprint density at radius 1 is 1.23 bits per heavy atom. The molecule has 0 radical (unpaired) electrons. The average Bonchev–Trinajstić information content (AvgIpc) is 3.06. The zero-order valence-corrected chi connectivity index (χ0v) is 19.8. The number of fused-ring (bicyclic) bond motifs is 1. The zero-order chi connectivity index (χ0) is 21.8. The van der Waals surface area contributed by atoms with Crippen molar-refractivity contribution < 1.29 is 13.7 Å². The van der Waals surface area contributed by atoms with E-state index in [1.165, 1.54) is 0 Å². The zero-order valence-electron chi connectivity index (χ0n) is 17.5. The Morgan fingerprint density at radius 2 is 1.90 bits per heavy atom. The molecular formula is C23H27Cl2NO3S. The van der Waals surface area contributed by atoms with E-state index in [-0.39, 0.29) is 18.4 Å². The molecule has 0 aliphatic carbocycles. The van der Waals surface area contributed by atoms with Gasteiger partial charge in [-0.3, -0.25) is 9.00 Å². The monoisotopic (exact) mass is 467 g/mol. The number of amides is 1. The maximum atomic E-state index is 13.1. The molecule has 0 bridgehead atoms. The van der Waals surface area contributed by atoms with Crippen molar-refractivity contribution in [3.63, 3.8) is 0 Å². The number of nitrogens with zero attached hydrogens (tertiary/aromatic N) is 1. The number of carbonyl (C=O) groups excluding carboxylic acids is 1. The third-order valence-corrected chi connectivity index (χ3v) is 8.07. The molecule has 0 fully saturated rings. The number of methoxy groups -OCH3 is 1. The fourth-order valence-electron chi connectivity index (χ4n) is 3.84. The molecule has 0 saturated carbocycles. The first-order valence-corrected chi connectivity index (χ1v) is 12.1. The Hall–Kier alpha value is -1.40. The molecular weight excluding hydrogens is 441 g/mol. The van der Waals surface area contributed by atoms with Crippen LogP contribution in [0, 0.1) is 5.92 Å². The van der Waals surface area contributed by atoms with Crippen LogP contribution in [0.15, 0.2) is 41.3 Å². The van der Waals surface area contributed by atoms with Crippen molar-refractivity contribution in [1.82, 2.24) is 4.90 Å². The summed E-state index contributed by atoms with van der Waals surface area (Å²) in [4.78, 5) is 15.7. The summed E-state index contributed by atoms with van der Waals surface area (Å²) in [5.74, 6) is 0.830. The Labute approximate surface area is 191 Å². The molecule has 4 nitrogen and oxygen atoms in total. The highest BCUT2D eigenvalue weighted by Crippen LogP contribution is 2.37. The van der Waals surface area contributed by atoms with E-state index in [0.29, 0.717) is 40.4 Å². The first-order valence-electron chi connectivity index (χ1n) is 10.0. The number of ether oxygens (including phenoxy) is 1. The van der Waals surface area contributed by atoms with Crippen molar-refractivity contribution in [2.24, 2.45) is 5.92 Å². The molecule has 1 aliphatic rings. The summed E-state index contributed by atoms with van der Waals surface area (Å²) < 4.78 is 18.2. The molecule has 2 aromatic carbocycles. The number of benzene rings is 2. The van der Waals surface area contributed by atoms with Gasteiger partial charge in [-0.05, 0) is 54.2 Å². The largest absolute Gasteiger partial charge is 0.385 e. The Bertz CT molecular complexity index is 930. The van der Waals surface area contributed by atoms with Gasteiger partial charge in [-0.25, -0.2) is 0 Å². The Kier molecular flexibility index (Phi) is 7.97. The molecule has 1 heterocycles. The fourth-order valence-corrected chi connectivity index (χ4v) is 5.92. The van der Waals surface area contributed by atoms with Gasteiger partial charge in [0, 0.05) is 41.0 Å². The predicted molar refractivity (Wildman–Crippen MR) is 123 cm³/mol. The van der Waals surface area contributed by atoms with Gasteiger partial charge in [0.05, 0.1) is 23.3 Å². The lowest BCUT2D eigenvalue weighted by Gasteiger charge is -2.22. The van der Waals surface area contributed by atoms with Crippen molar-refractivity contribution in [1.29, 1.82) is 0 Å². The van der Waals surface area contributed by atoms with E-state index in [1.54, 1.807) is 25.3 Å². The molecule has 0 saturated heterocycles. The minimum absolute atomic E-state index is 0.0427. The van der Waals surface area contributed by atoms with Gasteiger partial charge in [0.1, 0.15) is 0 Å². The smallest absolute Gasteiger partial charge is 0.227 e. The van der Waals surface area contributed by atoms with Crippen LogP contribution in [0.4, 0.5) is 0 Å².